The number of aromatic nitrogens is 2. The topological polar surface area (TPSA) is 61.3 Å². The van der Waals surface area contributed by atoms with Gasteiger partial charge >= 0.3 is 5.97 Å². The quantitative estimate of drug-likeness (QED) is 0.516. The molecule has 0 aliphatic heterocycles. The highest BCUT2D eigenvalue weighted by atomic mass is 16.5. The van der Waals surface area contributed by atoms with Gasteiger partial charge in [-0.1, -0.05) is 6.58 Å². The number of carbonyl (C=O) groups is 1. The number of esters is 1. The van der Waals surface area contributed by atoms with Gasteiger partial charge in [0.2, 0.25) is 0 Å². The molecule has 0 aliphatic rings. The average Bonchev–Trinajstić information content (AvgIpc) is 2.66. The van der Waals surface area contributed by atoms with Gasteiger partial charge in [0.1, 0.15) is 5.76 Å². The fourth-order valence-electron chi connectivity index (χ4n) is 2.88. The van der Waals surface area contributed by atoms with Crippen LogP contribution in [-0.2, 0) is 15.9 Å². The van der Waals surface area contributed by atoms with E-state index in [9.17, 15) is 4.79 Å². The number of ether oxygens (including phenoxy) is 2. The monoisotopic (exact) mass is 348 g/mol. The number of carbonyl (C=O) groups excluding carboxylic acids is 1. The molecule has 26 heavy (non-hydrogen) atoms. The molecule has 0 N–H and O–H groups in total. The summed E-state index contributed by atoms with van der Waals surface area (Å²) < 4.78 is 10.1. The van der Waals surface area contributed by atoms with Crippen molar-refractivity contribution >= 4 is 22.6 Å². The Bertz CT molecular complexity index is 996. The number of nitrogens with zero attached hydrogens (tertiary/aromatic N) is 2. The molecule has 132 valence electrons. The van der Waals surface area contributed by atoms with Crippen LogP contribution >= 0.6 is 0 Å². The van der Waals surface area contributed by atoms with Gasteiger partial charge in [-0.05, 0) is 48.4 Å². The SMILES string of the molecule is C=C(OC)c1cc(Cc2cc(C(=O)OC)ccn2)cc2cc(C)cnc12. The van der Waals surface area contributed by atoms with Gasteiger partial charge in [0, 0.05) is 35.5 Å². The van der Waals surface area contributed by atoms with Crippen LogP contribution in [0.1, 0.15) is 32.7 Å². The Balaban J connectivity index is 2.05. The van der Waals surface area contributed by atoms with E-state index < -0.39 is 0 Å². The van der Waals surface area contributed by atoms with E-state index in [1.54, 1.807) is 25.4 Å². The van der Waals surface area contributed by atoms with Gasteiger partial charge in [-0.25, -0.2) is 4.79 Å². The summed E-state index contributed by atoms with van der Waals surface area (Å²) >= 11 is 0. The van der Waals surface area contributed by atoms with Gasteiger partial charge in [-0.2, -0.15) is 0 Å². The molecule has 0 atom stereocenters. The van der Waals surface area contributed by atoms with Crippen LogP contribution in [-0.4, -0.2) is 30.2 Å². The van der Waals surface area contributed by atoms with Crippen molar-refractivity contribution in [3.63, 3.8) is 0 Å². The predicted molar refractivity (Wildman–Crippen MR) is 101 cm³/mol. The fraction of sp³-hybridized carbons (Fsp3) is 0.190. The minimum Gasteiger partial charge on any atom is -0.497 e. The number of rotatable bonds is 5. The molecule has 0 bridgehead atoms. The summed E-state index contributed by atoms with van der Waals surface area (Å²) in [7, 11) is 2.96. The molecular formula is C21H20N2O3. The molecular weight excluding hydrogens is 328 g/mol. The zero-order valence-corrected chi connectivity index (χ0v) is 15.1. The Kier molecular flexibility index (Phi) is 4.98. The van der Waals surface area contributed by atoms with Gasteiger partial charge in [-0.15, -0.1) is 0 Å². The van der Waals surface area contributed by atoms with E-state index in [1.807, 2.05) is 19.2 Å². The number of benzene rings is 1. The molecule has 0 fully saturated rings. The van der Waals surface area contributed by atoms with Gasteiger partial charge in [0.25, 0.3) is 0 Å². The van der Waals surface area contributed by atoms with E-state index in [2.05, 4.69) is 28.7 Å². The largest absolute Gasteiger partial charge is 0.497 e. The summed E-state index contributed by atoms with van der Waals surface area (Å²) in [4.78, 5) is 20.6. The molecule has 1 aromatic carbocycles. The smallest absolute Gasteiger partial charge is 0.337 e. The molecule has 5 heteroatoms. The van der Waals surface area contributed by atoms with Crippen LogP contribution in [0.25, 0.3) is 16.7 Å². The lowest BCUT2D eigenvalue weighted by Gasteiger charge is -2.12. The third kappa shape index (κ3) is 3.57. The first-order valence-corrected chi connectivity index (χ1v) is 8.17. The molecule has 0 radical (unpaired) electrons. The lowest BCUT2D eigenvalue weighted by Crippen LogP contribution is -2.03. The molecule has 0 spiro atoms. The molecule has 0 saturated heterocycles. The van der Waals surface area contributed by atoms with Crippen LogP contribution < -0.4 is 0 Å². The molecule has 2 aromatic heterocycles. The van der Waals surface area contributed by atoms with E-state index >= 15 is 0 Å². The van der Waals surface area contributed by atoms with Gasteiger partial charge in [0.05, 0.1) is 25.3 Å². The number of aryl methyl sites for hydroxylation is 1. The number of hydrogen-bond donors (Lipinski definition) is 0. The molecule has 0 unspecified atom stereocenters. The third-order valence-electron chi connectivity index (χ3n) is 4.15. The highest BCUT2D eigenvalue weighted by molar-refractivity contribution is 5.90. The Morgan fingerprint density at radius 3 is 2.65 bits per heavy atom. The van der Waals surface area contributed by atoms with E-state index in [0.29, 0.717) is 17.7 Å². The zero-order valence-electron chi connectivity index (χ0n) is 15.1. The van der Waals surface area contributed by atoms with Gasteiger partial charge in [0.15, 0.2) is 0 Å². The molecule has 3 rings (SSSR count). The number of fused-ring (bicyclic) bond motifs is 1. The maximum Gasteiger partial charge on any atom is 0.337 e. The Morgan fingerprint density at radius 2 is 1.92 bits per heavy atom. The van der Waals surface area contributed by atoms with Crippen molar-refractivity contribution in [2.45, 2.75) is 13.3 Å². The third-order valence-corrected chi connectivity index (χ3v) is 4.15. The maximum absolute atomic E-state index is 11.7. The summed E-state index contributed by atoms with van der Waals surface area (Å²) in [6.45, 7) is 5.98. The summed E-state index contributed by atoms with van der Waals surface area (Å²) in [6.07, 6.45) is 4.01. The standard InChI is InChI=1S/C21H20N2O3/c1-13-7-17-8-15(10-19(14(2)25-3)20(17)23-12-13)9-18-11-16(5-6-22-18)21(24)26-4/h5-8,10-12H,2,9H2,1,3-4H3. The summed E-state index contributed by atoms with van der Waals surface area (Å²) in [5, 5.41) is 1.01. The minimum atomic E-state index is -0.375. The van der Waals surface area contributed by atoms with Crippen LogP contribution in [0.5, 0.6) is 0 Å². The highest BCUT2D eigenvalue weighted by Gasteiger charge is 2.12. The van der Waals surface area contributed by atoms with Gasteiger partial charge in [-0.3, -0.25) is 9.97 Å². The van der Waals surface area contributed by atoms with Crippen molar-refractivity contribution in [3.05, 3.63) is 77.3 Å². The molecule has 5 nitrogen and oxygen atoms in total. The second kappa shape index (κ2) is 7.35. The second-order valence-corrected chi connectivity index (χ2v) is 6.06. The van der Waals surface area contributed by atoms with E-state index in [4.69, 9.17) is 9.47 Å². The molecule has 0 saturated carbocycles. The first kappa shape index (κ1) is 17.6. The van der Waals surface area contributed by atoms with Crippen molar-refractivity contribution in [2.24, 2.45) is 0 Å². The van der Waals surface area contributed by atoms with Crippen LogP contribution in [0.15, 0.2) is 49.3 Å². The van der Waals surface area contributed by atoms with Crippen molar-refractivity contribution < 1.29 is 14.3 Å². The zero-order chi connectivity index (χ0) is 18.7. The van der Waals surface area contributed by atoms with Crippen molar-refractivity contribution in [1.82, 2.24) is 9.97 Å². The minimum absolute atomic E-state index is 0.375. The van der Waals surface area contributed by atoms with Crippen LogP contribution in [0.3, 0.4) is 0 Å². The summed E-state index contributed by atoms with van der Waals surface area (Å²) in [5.41, 5.74) is 5.08. The molecule has 0 amide bonds. The fourth-order valence-corrected chi connectivity index (χ4v) is 2.88. The second-order valence-electron chi connectivity index (χ2n) is 6.06. The number of pyridine rings is 2. The first-order chi connectivity index (χ1) is 12.5. The van der Waals surface area contributed by atoms with Crippen LogP contribution in [0.4, 0.5) is 0 Å². The molecule has 0 aliphatic carbocycles. The Morgan fingerprint density at radius 1 is 1.12 bits per heavy atom. The highest BCUT2D eigenvalue weighted by Crippen LogP contribution is 2.27. The number of methoxy groups -OCH3 is 2. The Hall–Kier alpha value is -3.21. The van der Waals surface area contributed by atoms with Crippen molar-refractivity contribution in [1.29, 1.82) is 0 Å². The van der Waals surface area contributed by atoms with Crippen LogP contribution in [0, 0.1) is 6.92 Å². The normalized spacial score (nSPS) is 10.6. The summed E-state index contributed by atoms with van der Waals surface area (Å²) in [5.74, 6) is 0.185. The van der Waals surface area contributed by atoms with Crippen LogP contribution in [0.2, 0.25) is 0 Å². The maximum atomic E-state index is 11.7. The average molecular weight is 348 g/mol. The van der Waals surface area contributed by atoms with E-state index in [-0.39, 0.29) is 5.97 Å². The van der Waals surface area contributed by atoms with Crippen molar-refractivity contribution in [3.8, 4) is 0 Å². The Labute approximate surface area is 152 Å². The predicted octanol–water partition coefficient (Wildman–Crippen LogP) is 3.93. The van der Waals surface area contributed by atoms with Crippen molar-refractivity contribution in [2.75, 3.05) is 14.2 Å². The summed E-state index contributed by atoms with van der Waals surface area (Å²) in [6, 6.07) is 9.55. The van der Waals surface area contributed by atoms with Gasteiger partial charge < -0.3 is 9.47 Å². The molecule has 2 heterocycles. The lowest BCUT2D eigenvalue weighted by molar-refractivity contribution is 0.0600. The number of hydrogen-bond acceptors (Lipinski definition) is 5. The van der Waals surface area contributed by atoms with E-state index in [1.165, 1.54) is 7.11 Å². The molecule has 3 aromatic rings. The lowest BCUT2D eigenvalue weighted by atomic mass is 9.99. The first-order valence-electron chi connectivity index (χ1n) is 8.17. The van der Waals surface area contributed by atoms with E-state index in [0.717, 1.165) is 33.3 Å².